The Morgan fingerprint density at radius 3 is 2.71 bits per heavy atom. The van der Waals surface area contributed by atoms with Crippen LogP contribution in [0.15, 0.2) is 12.5 Å². The number of nitrogens with zero attached hydrogens (tertiary/aromatic N) is 2. The van der Waals surface area contributed by atoms with Gasteiger partial charge in [-0.1, -0.05) is 19.8 Å². The van der Waals surface area contributed by atoms with Crippen LogP contribution in [-0.2, 0) is 0 Å². The third-order valence-electron chi connectivity index (χ3n) is 4.07. The van der Waals surface area contributed by atoms with Gasteiger partial charge in [0.1, 0.15) is 0 Å². The highest BCUT2D eigenvalue weighted by Crippen LogP contribution is 2.35. The second-order valence-corrected chi connectivity index (χ2v) is 5.48. The van der Waals surface area contributed by atoms with Crippen molar-refractivity contribution in [1.29, 1.82) is 0 Å². The molecule has 3 nitrogen and oxygen atoms in total. The first kappa shape index (κ1) is 12.6. The highest BCUT2D eigenvalue weighted by Gasteiger charge is 2.23. The van der Waals surface area contributed by atoms with E-state index in [-0.39, 0.29) is 6.04 Å². The predicted octanol–water partition coefficient (Wildman–Crippen LogP) is 3.43. The molecule has 0 amide bonds. The Balaban J connectivity index is 1.98. The van der Waals surface area contributed by atoms with Crippen LogP contribution >= 0.6 is 0 Å². The molecule has 96 valence electrons. The van der Waals surface area contributed by atoms with E-state index in [1.54, 1.807) is 0 Å². The molecule has 0 bridgehead atoms. The molecular weight excluding hydrogens is 210 g/mol. The summed E-state index contributed by atoms with van der Waals surface area (Å²) in [6.07, 6.45) is 11.9. The molecule has 1 unspecified atom stereocenters. The van der Waals surface area contributed by atoms with Crippen LogP contribution in [0.4, 0.5) is 0 Å². The molecule has 1 fully saturated rings. The first-order valence-corrected chi connectivity index (χ1v) is 6.99. The zero-order valence-electron chi connectivity index (χ0n) is 11.1. The van der Waals surface area contributed by atoms with Crippen LogP contribution in [0.2, 0.25) is 0 Å². The summed E-state index contributed by atoms with van der Waals surface area (Å²) in [6, 6.07) is 0.720. The fourth-order valence-electron chi connectivity index (χ4n) is 3.09. The molecule has 1 atom stereocenters. The van der Waals surface area contributed by atoms with Gasteiger partial charge >= 0.3 is 0 Å². The highest BCUT2D eigenvalue weighted by molar-refractivity contribution is 5.05. The molecule has 1 aliphatic carbocycles. The maximum atomic E-state index is 5.98. The number of rotatable bonds is 4. The Hall–Kier alpha value is -0.830. The lowest BCUT2D eigenvalue weighted by atomic mass is 9.83. The molecule has 0 aliphatic heterocycles. The van der Waals surface area contributed by atoms with E-state index in [1.165, 1.54) is 44.2 Å². The van der Waals surface area contributed by atoms with Gasteiger partial charge in [-0.3, -0.25) is 0 Å². The van der Waals surface area contributed by atoms with E-state index in [1.807, 2.05) is 19.4 Å². The molecule has 3 heteroatoms. The zero-order chi connectivity index (χ0) is 12.3. The van der Waals surface area contributed by atoms with E-state index in [0.717, 1.165) is 5.92 Å². The second kappa shape index (κ2) is 5.67. The standard InChI is InChI=1S/C14H25N3/c1-3-4-12-5-7-13(8-6-12)17-10-16-9-14(17)11(2)15/h9-13H,3-8,15H2,1-2H3. The third-order valence-corrected chi connectivity index (χ3v) is 4.07. The van der Waals surface area contributed by atoms with Crippen LogP contribution in [0, 0.1) is 5.92 Å². The molecule has 0 radical (unpaired) electrons. The normalized spacial score (nSPS) is 27.0. The van der Waals surface area contributed by atoms with Gasteiger partial charge in [0.05, 0.1) is 12.0 Å². The summed E-state index contributed by atoms with van der Waals surface area (Å²) in [4.78, 5) is 4.26. The van der Waals surface area contributed by atoms with E-state index in [0.29, 0.717) is 6.04 Å². The lowest BCUT2D eigenvalue weighted by molar-refractivity contribution is 0.258. The van der Waals surface area contributed by atoms with Crippen molar-refractivity contribution in [2.45, 2.75) is 64.5 Å². The van der Waals surface area contributed by atoms with Gasteiger partial charge in [0.2, 0.25) is 0 Å². The van der Waals surface area contributed by atoms with E-state index in [4.69, 9.17) is 5.73 Å². The largest absolute Gasteiger partial charge is 0.330 e. The number of nitrogens with two attached hydrogens (primary N) is 1. The van der Waals surface area contributed by atoms with Gasteiger partial charge < -0.3 is 10.3 Å². The van der Waals surface area contributed by atoms with Crippen molar-refractivity contribution < 1.29 is 0 Å². The summed E-state index contributed by atoms with van der Waals surface area (Å²) in [5, 5.41) is 0. The van der Waals surface area contributed by atoms with Crippen molar-refractivity contribution >= 4 is 0 Å². The maximum absolute atomic E-state index is 5.98. The lowest BCUT2D eigenvalue weighted by Gasteiger charge is -2.30. The zero-order valence-corrected chi connectivity index (χ0v) is 11.1. The SMILES string of the molecule is CCCC1CCC(n2cncc2C(C)N)CC1. The quantitative estimate of drug-likeness (QED) is 0.868. The Kier molecular flexibility index (Phi) is 4.21. The minimum atomic E-state index is 0.0888. The van der Waals surface area contributed by atoms with Gasteiger partial charge in [0.25, 0.3) is 0 Å². The third kappa shape index (κ3) is 2.89. The molecule has 1 aromatic heterocycles. The van der Waals surface area contributed by atoms with Crippen molar-refractivity contribution in [3.05, 3.63) is 18.2 Å². The number of hydrogen-bond donors (Lipinski definition) is 1. The first-order valence-electron chi connectivity index (χ1n) is 6.99. The molecule has 0 aromatic carbocycles. The monoisotopic (exact) mass is 235 g/mol. The molecule has 1 heterocycles. The summed E-state index contributed by atoms with van der Waals surface area (Å²) < 4.78 is 2.31. The molecule has 2 N–H and O–H groups in total. The van der Waals surface area contributed by atoms with Gasteiger partial charge in [-0.2, -0.15) is 0 Å². The van der Waals surface area contributed by atoms with Crippen LogP contribution in [0.3, 0.4) is 0 Å². The molecule has 1 aliphatic rings. The van der Waals surface area contributed by atoms with Crippen LogP contribution in [0.1, 0.15) is 70.2 Å². The Morgan fingerprint density at radius 2 is 2.12 bits per heavy atom. The van der Waals surface area contributed by atoms with Crippen molar-refractivity contribution in [1.82, 2.24) is 9.55 Å². The number of aromatic nitrogens is 2. The molecule has 2 rings (SSSR count). The molecule has 17 heavy (non-hydrogen) atoms. The van der Waals surface area contributed by atoms with Crippen molar-refractivity contribution in [2.24, 2.45) is 11.7 Å². The average molecular weight is 235 g/mol. The molecular formula is C14H25N3. The minimum absolute atomic E-state index is 0.0888. The summed E-state index contributed by atoms with van der Waals surface area (Å²) >= 11 is 0. The van der Waals surface area contributed by atoms with Gasteiger partial charge in [-0.05, 0) is 38.5 Å². The molecule has 0 saturated heterocycles. The number of imidazole rings is 1. The Morgan fingerprint density at radius 1 is 1.41 bits per heavy atom. The van der Waals surface area contributed by atoms with Crippen molar-refractivity contribution in [2.75, 3.05) is 0 Å². The van der Waals surface area contributed by atoms with Gasteiger partial charge in [0, 0.05) is 18.3 Å². The average Bonchev–Trinajstić information content (AvgIpc) is 2.79. The van der Waals surface area contributed by atoms with E-state index < -0.39 is 0 Å². The summed E-state index contributed by atoms with van der Waals surface area (Å²) in [7, 11) is 0. The lowest BCUT2D eigenvalue weighted by Crippen LogP contribution is -2.21. The van der Waals surface area contributed by atoms with Crippen LogP contribution < -0.4 is 5.73 Å². The summed E-state index contributed by atoms with van der Waals surface area (Å²) in [6.45, 7) is 4.33. The first-order chi connectivity index (χ1) is 8.22. The van der Waals surface area contributed by atoms with E-state index in [9.17, 15) is 0 Å². The van der Waals surface area contributed by atoms with Crippen LogP contribution in [0.25, 0.3) is 0 Å². The Bertz CT molecular complexity index is 335. The highest BCUT2D eigenvalue weighted by atomic mass is 15.1. The fourth-order valence-corrected chi connectivity index (χ4v) is 3.09. The summed E-state index contributed by atoms with van der Waals surface area (Å²) in [5.41, 5.74) is 7.16. The summed E-state index contributed by atoms with van der Waals surface area (Å²) in [5.74, 6) is 0.957. The number of hydrogen-bond acceptors (Lipinski definition) is 2. The molecule has 1 aromatic rings. The van der Waals surface area contributed by atoms with Crippen LogP contribution in [-0.4, -0.2) is 9.55 Å². The minimum Gasteiger partial charge on any atom is -0.330 e. The van der Waals surface area contributed by atoms with Gasteiger partial charge in [0.15, 0.2) is 0 Å². The van der Waals surface area contributed by atoms with Gasteiger partial charge in [-0.15, -0.1) is 0 Å². The maximum Gasteiger partial charge on any atom is 0.0951 e. The van der Waals surface area contributed by atoms with Crippen molar-refractivity contribution in [3.63, 3.8) is 0 Å². The van der Waals surface area contributed by atoms with E-state index in [2.05, 4.69) is 16.5 Å². The second-order valence-electron chi connectivity index (χ2n) is 5.48. The van der Waals surface area contributed by atoms with Gasteiger partial charge in [-0.25, -0.2) is 4.98 Å². The Labute approximate surface area is 104 Å². The smallest absolute Gasteiger partial charge is 0.0951 e. The molecule has 0 spiro atoms. The van der Waals surface area contributed by atoms with Crippen LogP contribution in [0.5, 0.6) is 0 Å². The predicted molar refractivity (Wildman–Crippen MR) is 70.7 cm³/mol. The fraction of sp³-hybridized carbons (Fsp3) is 0.786. The molecule has 1 saturated carbocycles. The van der Waals surface area contributed by atoms with E-state index >= 15 is 0 Å². The van der Waals surface area contributed by atoms with Crippen molar-refractivity contribution in [3.8, 4) is 0 Å². The topological polar surface area (TPSA) is 43.8 Å².